The van der Waals surface area contributed by atoms with Gasteiger partial charge in [-0.25, -0.2) is 0 Å². The van der Waals surface area contributed by atoms with Gasteiger partial charge in [0.15, 0.2) is 12.4 Å². The van der Waals surface area contributed by atoms with Gasteiger partial charge in [0.05, 0.1) is 0 Å². The first kappa shape index (κ1) is 19.9. The van der Waals surface area contributed by atoms with E-state index in [2.05, 4.69) is 32.5 Å². The Bertz CT molecular complexity index is 803. The van der Waals surface area contributed by atoms with Gasteiger partial charge in [-0.05, 0) is 38.2 Å². The van der Waals surface area contributed by atoms with Gasteiger partial charge >= 0.3 is 0 Å². The zero-order chi connectivity index (χ0) is 17.6. The highest BCUT2D eigenvalue weighted by molar-refractivity contribution is 5.85. The molecule has 9 heteroatoms. The average molecular weight is 380 g/mol. The minimum atomic E-state index is 0. The van der Waals surface area contributed by atoms with Crippen molar-refractivity contribution in [1.82, 2.24) is 25.6 Å². The summed E-state index contributed by atoms with van der Waals surface area (Å²) in [7, 11) is 1.90. The van der Waals surface area contributed by atoms with E-state index < -0.39 is 0 Å². The second-order valence-electron chi connectivity index (χ2n) is 5.68. The van der Waals surface area contributed by atoms with Gasteiger partial charge in [-0.15, -0.1) is 12.4 Å². The van der Waals surface area contributed by atoms with Gasteiger partial charge < -0.3 is 19.1 Å². The van der Waals surface area contributed by atoms with Crippen LogP contribution in [0.1, 0.15) is 31.4 Å². The largest absolute Gasteiger partial charge is 0.485 e. The van der Waals surface area contributed by atoms with Crippen LogP contribution in [0.2, 0.25) is 0 Å². The summed E-state index contributed by atoms with van der Waals surface area (Å²) in [4.78, 5) is 8.61. The Morgan fingerprint density at radius 1 is 1.08 bits per heavy atom. The zero-order valence-electron chi connectivity index (χ0n) is 14.9. The van der Waals surface area contributed by atoms with E-state index in [1.165, 1.54) is 0 Å². The Balaban J connectivity index is 0.00000243. The number of hydrogen-bond acceptors (Lipinski definition) is 8. The number of likely N-dealkylation sites (N-methyl/N-ethyl adjacent to an activating group) is 1. The van der Waals surface area contributed by atoms with Crippen LogP contribution in [0.4, 0.5) is 0 Å². The lowest BCUT2D eigenvalue weighted by atomic mass is 10.2. The summed E-state index contributed by atoms with van der Waals surface area (Å²) >= 11 is 0. The third-order valence-electron chi connectivity index (χ3n) is 3.73. The van der Waals surface area contributed by atoms with Crippen LogP contribution in [0.5, 0.6) is 5.75 Å². The van der Waals surface area contributed by atoms with E-state index in [4.69, 9.17) is 13.8 Å². The van der Waals surface area contributed by atoms with Crippen LogP contribution in [0.25, 0.3) is 11.5 Å². The maximum absolute atomic E-state index is 5.65. The molecule has 2 aromatic heterocycles. The van der Waals surface area contributed by atoms with Crippen molar-refractivity contribution in [3.8, 4) is 17.2 Å². The van der Waals surface area contributed by atoms with Crippen molar-refractivity contribution >= 4 is 12.4 Å². The molecule has 0 aliphatic rings. The number of aryl methyl sites for hydroxylation is 1. The molecule has 1 aromatic carbocycles. The fraction of sp³-hybridized carbons (Fsp3) is 0.412. The molecule has 0 aliphatic carbocycles. The SMILES string of the molecule is CCc1nc(COc2ccc(-c3nc(CC(C)NC)no3)cc2)no1.Cl. The second-order valence-corrected chi connectivity index (χ2v) is 5.68. The lowest BCUT2D eigenvalue weighted by molar-refractivity contribution is 0.285. The number of rotatable bonds is 8. The topological polar surface area (TPSA) is 99.1 Å². The Hall–Kier alpha value is -2.45. The molecule has 1 atom stereocenters. The van der Waals surface area contributed by atoms with Crippen LogP contribution in [0, 0.1) is 0 Å². The number of nitrogens with zero attached hydrogens (tertiary/aromatic N) is 4. The molecule has 0 bridgehead atoms. The summed E-state index contributed by atoms with van der Waals surface area (Å²) < 4.78 is 16.0. The van der Waals surface area contributed by atoms with Gasteiger partial charge in [0, 0.05) is 24.4 Å². The maximum atomic E-state index is 5.65. The predicted molar refractivity (Wildman–Crippen MR) is 97.2 cm³/mol. The van der Waals surface area contributed by atoms with E-state index >= 15 is 0 Å². The molecule has 0 saturated heterocycles. The van der Waals surface area contributed by atoms with Gasteiger partial charge in [-0.3, -0.25) is 0 Å². The molecule has 0 aliphatic heterocycles. The smallest absolute Gasteiger partial charge is 0.257 e. The third kappa shape index (κ3) is 5.03. The predicted octanol–water partition coefficient (Wildman–Crippen LogP) is 2.83. The number of ether oxygens (including phenoxy) is 1. The number of hydrogen-bond donors (Lipinski definition) is 1. The fourth-order valence-electron chi connectivity index (χ4n) is 2.16. The van der Waals surface area contributed by atoms with Crippen molar-refractivity contribution in [1.29, 1.82) is 0 Å². The number of aromatic nitrogens is 4. The zero-order valence-corrected chi connectivity index (χ0v) is 15.7. The molecule has 0 amide bonds. The molecule has 1 unspecified atom stereocenters. The van der Waals surface area contributed by atoms with Gasteiger partial charge in [-0.1, -0.05) is 17.2 Å². The minimum absolute atomic E-state index is 0. The molecule has 0 radical (unpaired) electrons. The fourth-order valence-corrected chi connectivity index (χ4v) is 2.16. The molecular formula is C17H22ClN5O3. The molecule has 2 heterocycles. The summed E-state index contributed by atoms with van der Waals surface area (Å²) in [5.41, 5.74) is 0.844. The van der Waals surface area contributed by atoms with E-state index in [1.807, 2.05) is 38.2 Å². The lowest BCUT2D eigenvalue weighted by Crippen LogP contribution is -2.24. The maximum Gasteiger partial charge on any atom is 0.257 e. The van der Waals surface area contributed by atoms with E-state index in [1.54, 1.807) is 0 Å². The van der Waals surface area contributed by atoms with Crippen LogP contribution < -0.4 is 10.1 Å². The number of nitrogens with one attached hydrogen (secondary N) is 1. The first-order chi connectivity index (χ1) is 12.2. The van der Waals surface area contributed by atoms with Crippen molar-refractivity contribution in [2.24, 2.45) is 0 Å². The average Bonchev–Trinajstić information content (AvgIpc) is 3.29. The van der Waals surface area contributed by atoms with Crippen LogP contribution in [0.3, 0.4) is 0 Å². The van der Waals surface area contributed by atoms with Crippen molar-refractivity contribution < 1.29 is 13.8 Å². The van der Waals surface area contributed by atoms with E-state index in [-0.39, 0.29) is 19.0 Å². The quantitative estimate of drug-likeness (QED) is 0.637. The Labute approximate surface area is 157 Å². The van der Waals surface area contributed by atoms with E-state index in [0.29, 0.717) is 48.1 Å². The summed E-state index contributed by atoms with van der Waals surface area (Å²) in [5.74, 6) is 3.02. The van der Waals surface area contributed by atoms with Crippen LogP contribution in [-0.4, -0.2) is 33.4 Å². The molecule has 3 rings (SSSR count). The normalized spacial score (nSPS) is 11.8. The first-order valence-corrected chi connectivity index (χ1v) is 8.22. The summed E-state index contributed by atoms with van der Waals surface area (Å²) in [5, 5.41) is 11.0. The molecule has 140 valence electrons. The Morgan fingerprint density at radius 2 is 1.81 bits per heavy atom. The van der Waals surface area contributed by atoms with Crippen molar-refractivity contribution in [2.45, 2.75) is 39.3 Å². The Kier molecular flexibility index (Phi) is 7.11. The van der Waals surface area contributed by atoms with Crippen LogP contribution in [-0.2, 0) is 19.4 Å². The van der Waals surface area contributed by atoms with Crippen LogP contribution in [0.15, 0.2) is 33.3 Å². The number of benzene rings is 1. The summed E-state index contributed by atoms with van der Waals surface area (Å²) in [6.07, 6.45) is 1.42. The summed E-state index contributed by atoms with van der Waals surface area (Å²) in [6, 6.07) is 7.73. The van der Waals surface area contributed by atoms with E-state index in [0.717, 1.165) is 5.56 Å². The lowest BCUT2D eigenvalue weighted by Gasteiger charge is -2.04. The molecule has 26 heavy (non-hydrogen) atoms. The molecule has 1 N–H and O–H groups in total. The molecule has 0 spiro atoms. The van der Waals surface area contributed by atoms with Gasteiger partial charge in [-0.2, -0.15) is 9.97 Å². The monoisotopic (exact) mass is 379 g/mol. The minimum Gasteiger partial charge on any atom is -0.485 e. The molecule has 3 aromatic rings. The van der Waals surface area contributed by atoms with Gasteiger partial charge in [0.2, 0.25) is 11.7 Å². The van der Waals surface area contributed by atoms with Gasteiger partial charge in [0.1, 0.15) is 5.75 Å². The van der Waals surface area contributed by atoms with E-state index in [9.17, 15) is 0 Å². The van der Waals surface area contributed by atoms with Crippen LogP contribution >= 0.6 is 12.4 Å². The highest BCUT2D eigenvalue weighted by atomic mass is 35.5. The highest BCUT2D eigenvalue weighted by Gasteiger charge is 2.11. The van der Waals surface area contributed by atoms with Crippen molar-refractivity contribution in [3.05, 3.63) is 41.8 Å². The number of halogens is 1. The molecule has 0 saturated carbocycles. The third-order valence-corrected chi connectivity index (χ3v) is 3.73. The molecular weight excluding hydrogens is 358 g/mol. The Morgan fingerprint density at radius 3 is 2.46 bits per heavy atom. The van der Waals surface area contributed by atoms with Gasteiger partial charge in [0.25, 0.3) is 5.89 Å². The standard InChI is InChI=1S/C17H21N5O3.ClH/c1-4-16-19-15(22-24-16)10-23-13-7-5-12(6-8-13)17-20-14(21-25-17)9-11(2)18-3;/h5-8,11,18H,4,9-10H2,1-3H3;1H. The molecule has 0 fully saturated rings. The molecule has 8 nitrogen and oxygen atoms in total. The summed E-state index contributed by atoms with van der Waals surface area (Å²) in [6.45, 7) is 4.28. The second kappa shape index (κ2) is 9.30. The highest BCUT2D eigenvalue weighted by Crippen LogP contribution is 2.21. The van der Waals surface area contributed by atoms with Crippen molar-refractivity contribution in [2.75, 3.05) is 7.05 Å². The first-order valence-electron chi connectivity index (χ1n) is 8.22. The van der Waals surface area contributed by atoms with Crippen molar-refractivity contribution in [3.63, 3.8) is 0 Å².